The van der Waals surface area contributed by atoms with E-state index in [-0.39, 0.29) is 30.1 Å². The molecule has 0 radical (unpaired) electrons. The molecule has 5 nitrogen and oxygen atoms in total. The van der Waals surface area contributed by atoms with Crippen molar-refractivity contribution in [1.82, 2.24) is 5.32 Å². The van der Waals surface area contributed by atoms with Crippen molar-refractivity contribution in [2.45, 2.75) is 39.7 Å². The third-order valence-corrected chi connectivity index (χ3v) is 3.74. The number of hydrogen-bond acceptors (Lipinski definition) is 3. The van der Waals surface area contributed by atoms with E-state index in [1.807, 2.05) is 25.1 Å². The van der Waals surface area contributed by atoms with Crippen LogP contribution in [0.4, 0.5) is 11.4 Å². The highest BCUT2D eigenvalue weighted by Crippen LogP contribution is 2.25. The topological polar surface area (TPSA) is 70.2 Å². The van der Waals surface area contributed by atoms with Gasteiger partial charge in [-0.2, -0.15) is 0 Å². The van der Waals surface area contributed by atoms with Gasteiger partial charge in [0, 0.05) is 18.9 Å². The van der Waals surface area contributed by atoms with Gasteiger partial charge in [-0.3, -0.25) is 9.59 Å². The van der Waals surface area contributed by atoms with Crippen LogP contribution in [-0.2, 0) is 9.59 Å². The molecule has 22 heavy (non-hydrogen) atoms. The Morgan fingerprint density at radius 3 is 2.59 bits per heavy atom. The lowest BCUT2D eigenvalue weighted by atomic mass is 9.92. The first-order valence-electron chi connectivity index (χ1n) is 7.38. The molecular weight excluding hydrogens is 302 g/mol. The van der Waals surface area contributed by atoms with Crippen molar-refractivity contribution >= 4 is 35.6 Å². The molecule has 1 heterocycles. The molecule has 1 aliphatic rings. The number of rotatable bonds is 3. The molecule has 3 N–H and O–H groups in total. The highest BCUT2D eigenvalue weighted by Gasteiger charge is 2.25. The Bertz CT molecular complexity index is 548. The second-order valence-electron chi connectivity index (χ2n) is 5.80. The molecule has 1 aliphatic heterocycles. The van der Waals surface area contributed by atoms with Crippen molar-refractivity contribution in [1.29, 1.82) is 0 Å². The monoisotopic (exact) mass is 325 g/mol. The van der Waals surface area contributed by atoms with Crippen molar-refractivity contribution < 1.29 is 9.59 Å². The van der Waals surface area contributed by atoms with Crippen LogP contribution in [0.1, 0.15) is 32.3 Å². The number of benzene rings is 1. The second-order valence-corrected chi connectivity index (χ2v) is 5.80. The maximum atomic E-state index is 12.4. The zero-order valence-corrected chi connectivity index (χ0v) is 14.0. The Morgan fingerprint density at radius 1 is 1.23 bits per heavy atom. The molecule has 2 amide bonds. The van der Waals surface area contributed by atoms with Crippen molar-refractivity contribution in [3.05, 3.63) is 23.8 Å². The molecular formula is C16H24ClN3O2. The van der Waals surface area contributed by atoms with Crippen LogP contribution in [0.3, 0.4) is 0 Å². The third-order valence-electron chi connectivity index (χ3n) is 3.74. The number of hydrogen-bond donors (Lipinski definition) is 3. The third kappa shape index (κ3) is 5.00. The van der Waals surface area contributed by atoms with E-state index in [1.54, 1.807) is 0 Å². The van der Waals surface area contributed by atoms with Crippen LogP contribution in [0.2, 0.25) is 0 Å². The predicted octanol–water partition coefficient (Wildman–Crippen LogP) is 2.70. The summed E-state index contributed by atoms with van der Waals surface area (Å²) in [6, 6.07) is 5.97. The molecule has 122 valence electrons. The number of piperidine rings is 1. The summed E-state index contributed by atoms with van der Waals surface area (Å²) in [7, 11) is 0. The van der Waals surface area contributed by atoms with Crippen LogP contribution in [-0.4, -0.2) is 24.4 Å². The number of carbonyl (C=O) groups excluding carboxylic acids is 2. The van der Waals surface area contributed by atoms with Gasteiger partial charge in [-0.15, -0.1) is 12.4 Å². The van der Waals surface area contributed by atoms with Gasteiger partial charge in [0.05, 0.1) is 11.4 Å². The van der Waals surface area contributed by atoms with Gasteiger partial charge >= 0.3 is 0 Å². The van der Waals surface area contributed by atoms with E-state index in [0.29, 0.717) is 17.4 Å². The first kappa shape index (κ1) is 18.5. The quantitative estimate of drug-likeness (QED) is 0.800. The number of halogens is 1. The fourth-order valence-corrected chi connectivity index (χ4v) is 2.67. The Balaban J connectivity index is 0.00000242. The normalized spacial score (nSPS) is 20.7. The number of carbonyl (C=O) groups is 2. The summed E-state index contributed by atoms with van der Waals surface area (Å²) in [6.45, 7) is 6.38. The Kier molecular flexibility index (Phi) is 6.84. The van der Waals surface area contributed by atoms with Gasteiger partial charge in [-0.25, -0.2) is 0 Å². The minimum absolute atomic E-state index is 0. The van der Waals surface area contributed by atoms with Gasteiger partial charge in [0.15, 0.2) is 0 Å². The number of aryl methyl sites for hydroxylation is 1. The smallest absolute Gasteiger partial charge is 0.227 e. The summed E-state index contributed by atoms with van der Waals surface area (Å²) < 4.78 is 0. The van der Waals surface area contributed by atoms with Gasteiger partial charge in [-0.1, -0.05) is 6.07 Å². The molecule has 2 atom stereocenters. The highest BCUT2D eigenvalue weighted by molar-refractivity contribution is 5.99. The zero-order valence-electron chi connectivity index (χ0n) is 13.2. The number of amides is 2. The molecule has 1 fully saturated rings. The molecule has 0 bridgehead atoms. The lowest BCUT2D eigenvalue weighted by Gasteiger charge is -2.27. The molecule has 0 aliphatic carbocycles. The van der Waals surface area contributed by atoms with E-state index in [2.05, 4.69) is 22.9 Å². The lowest BCUT2D eigenvalue weighted by molar-refractivity contribution is -0.121. The molecule has 1 saturated heterocycles. The molecule has 1 aromatic rings. The van der Waals surface area contributed by atoms with Crippen molar-refractivity contribution in [2.24, 2.45) is 5.92 Å². The summed E-state index contributed by atoms with van der Waals surface area (Å²) in [5.41, 5.74) is 2.35. The fraction of sp³-hybridized carbons (Fsp3) is 0.500. The predicted molar refractivity (Wildman–Crippen MR) is 91.5 cm³/mol. The minimum Gasteiger partial charge on any atom is -0.325 e. The van der Waals surface area contributed by atoms with Crippen LogP contribution in [0, 0.1) is 12.8 Å². The SMILES string of the molecule is CC(=O)Nc1ccc(C)cc1NC(=O)[C@H]1CCN[C@@H](C)C1.Cl. The zero-order chi connectivity index (χ0) is 15.4. The summed E-state index contributed by atoms with van der Waals surface area (Å²) >= 11 is 0. The average molecular weight is 326 g/mol. The van der Waals surface area contributed by atoms with Gasteiger partial charge in [0.2, 0.25) is 11.8 Å². The maximum Gasteiger partial charge on any atom is 0.227 e. The second kappa shape index (κ2) is 8.15. The highest BCUT2D eigenvalue weighted by atomic mass is 35.5. The molecule has 1 aromatic carbocycles. The van der Waals surface area contributed by atoms with E-state index in [4.69, 9.17) is 0 Å². The van der Waals surface area contributed by atoms with E-state index < -0.39 is 0 Å². The van der Waals surface area contributed by atoms with E-state index >= 15 is 0 Å². The molecule has 0 aromatic heterocycles. The van der Waals surface area contributed by atoms with Crippen LogP contribution in [0.5, 0.6) is 0 Å². The molecule has 0 saturated carbocycles. The molecule has 2 rings (SSSR count). The summed E-state index contributed by atoms with van der Waals surface area (Å²) in [5.74, 6) is -0.0997. The average Bonchev–Trinajstić information content (AvgIpc) is 2.41. The standard InChI is InChI=1S/C16H23N3O2.ClH/c1-10-4-5-14(18-12(3)20)15(8-10)19-16(21)13-6-7-17-11(2)9-13;/h4-5,8,11,13,17H,6-7,9H2,1-3H3,(H,18,20)(H,19,21);1H/t11-,13-;/m0./s1. The largest absolute Gasteiger partial charge is 0.325 e. The molecule has 6 heteroatoms. The Labute approximate surface area is 137 Å². The molecule has 0 unspecified atom stereocenters. The Hall–Kier alpha value is -1.59. The Morgan fingerprint density at radius 2 is 1.95 bits per heavy atom. The lowest BCUT2D eigenvalue weighted by Crippen LogP contribution is -2.40. The van der Waals surface area contributed by atoms with Crippen molar-refractivity contribution in [3.8, 4) is 0 Å². The molecule has 0 spiro atoms. The fourth-order valence-electron chi connectivity index (χ4n) is 2.67. The van der Waals surface area contributed by atoms with Gasteiger partial charge in [0.1, 0.15) is 0 Å². The van der Waals surface area contributed by atoms with Crippen molar-refractivity contribution in [3.63, 3.8) is 0 Å². The van der Waals surface area contributed by atoms with E-state index in [1.165, 1.54) is 6.92 Å². The van der Waals surface area contributed by atoms with Crippen molar-refractivity contribution in [2.75, 3.05) is 17.2 Å². The van der Waals surface area contributed by atoms with E-state index in [9.17, 15) is 9.59 Å². The van der Waals surface area contributed by atoms with Crippen LogP contribution >= 0.6 is 12.4 Å². The van der Waals surface area contributed by atoms with Crippen LogP contribution < -0.4 is 16.0 Å². The number of anilines is 2. The first-order chi connectivity index (χ1) is 9.95. The van der Waals surface area contributed by atoms with E-state index in [0.717, 1.165) is 24.9 Å². The number of nitrogens with one attached hydrogen (secondary N) is 3. The van der Waals surface area contributed by atoms with Gasteiger partial charge < -0.3 is 16.0 Å². The van der Waals surface area contributed by atoms with Crippen LogP contribution in [0.15, 0.2) is 18.2 Å². The van der Waals surface area contributed by atoms with Crippen LogP contribution in [0.25, 0.3) is 0 Å². The first-order valence-corrected chi connectivity index (χ1v) is 7.38. The summed E-state index contributed by atoms with van der Waals surface area (Å²) in [5, 5.41) is 9.06. The summed E-state index contributed by atoms with van der Waals surface area (Å²) in [4.78, 5) is 23.7. The maximum absolute atomic E-state index is 12.4. The van der Waals surface area contributed by atoms with Gasteiger partial charge in [-0.05, 0) is 50.9 Å². The summed E-state index contributed by atoms with van der Waals surface area (Å²) in [6.07, 6.45) is 1.69. The minimum atomic E-state index is -0.148. The van der Waals surface area contributed by atoms with Gasteiger partial charge in [0.25, 0.3) is 0 Å².